The number of piperidine rings is 1. The van der Waals surface area contributed by atoms with Crippen molar-refractivity contribution in [1.82, 2.24) is 15.2 Å². The second kappa shape index (κ2) is 15.3. The van der Waals surface area contributed by atoms with E-state index in [1.807, 2.05) is 37.3 Å². The van der Waals surface area contributed by atoms with E-state index in [1.165, 1.54) is 17.1 Å². The minimum Gasteiger partial charge on any atom is -0.503 e. The molecule has 1 aliphatic carbocycles. The third kappa shape index (κ3) is 8.67. The molecule has 0 unspecified atom stereocenters. The van der Waals surface area contributed by atoms with Crippen LogP contribution in [-0.2, 0) is 16.0 Å². The van der Waals surface area contributed by atoms with Crippen molar-refractivity contribution < 1.29 is 24.6 Å². The lowest BCUT2D eigenvalue weighted by Crippen LogP contribution is -2.49. The molecule has 1 saturated heterocycles. The van der Waals surface area contributed by atoms with E-state index >= 15 is 0 Å². The molecule has 2 fully saturated rings. The van der Waals surface area contributed by atoms with Crippen molar-refractivity contribution >= 4 is 29.4 Å². The number of rotatable bonds is 11. The van der Waals surface area contributed by atoms with E-state index in [4.69, 9.17) is 0 Å². The first-order chi connectivity index (χ1) is 20.8. The Morgan fingerprint density at radius 1 is 1.05 bits per heavy atom. The minimum atomic E-state index is -1.06. The average Bonchev–Trinajstić information content (AvgIpc) is 3.01. The second-order valence-electron chi connectivity index (χ2n) is 11.4. The van der Waals surface area contributed by atoms with E-state index in [0.29, 0.717) is 37.3 Å². The molecule has 4 rings (SSSR count). The molecule has 43 heavy (non-hydrogen) atoms. The number of aliphatic carboxylic acids is 1. The molecule has 10 nitrogen and oxygen atoms in total. The van der Waals surface area contributed by atoms with Gasteiger partial charge in [-0.2, -0.15) is 0 Å². The van der Waals surface area contributed by atoms with Crippen molar-refractivity contribution in [3.8, 4) is 0 Å². The molecule has 1 aliphatic heterocycles. The quantitative estimate of drug-likeness (QED) is 0.191. The number of pyridine rings is 1. The summed E-state index contributed by atoms with van der Waals surface area (Å²) in [6.07, 6.45) is 11.5. The maximum Gasteiger partial charge on any atom is 0.323 e. The molecule has 2 heterocycles. The number of allylic oxidation sites excluding steroid dienone is 2. The summed E-state index contributed by atoms with van der Waals surface area (Å²) in [7, 11) is 0. The summed E-state index contributed by atoms with van der Waals surface area (Å²) in [5, 5.41) is 23.0. The van der Waals surface area contributed by atoms with Gasteiger partial charge in [-0.25, -0.2) is 9.78 Å². The number of hydrogen-bond donors (Lipinski definition) is 3. The number of likely N-dealkylation sites (tertiary alicyclic amines) is 1. The number of carbonyl (C=O) groups is 3. The lowest BCUT2D eigenvalue weighted by atomic mass is 9.96. The molecule has 0 radical (unpaired) electrons. The molecule has 3 N–H and O–H groups in total. The number of para-hydroxylation sites is 1. The van der Waals surface area contributed by atoms with E-state index in [1.54, 1.807) is 17.2 Å². The zero-order valence-corrected chi connectivity index (χ0v) is 25.0. The van der Waals surface area contributed by atoms with Gasteiger partial charge in [-0.1, -0.05) is 56.2 Å². The van der Waals surface area contributed by atoms with Gasteiger partial charge in [0.15, 0.2) is 5.76 Å². The first kappa shape index (κ1) is 31.7. The summed E-state index contributed by atoms with van der Waals surface area (Å²) in [5.74, 6) is -1.45. The Kier molecular flexibility index (Phi) is 11.3. The Labute approximate surface area is 253 Å². The summed E-state index contributed by atoms with van der Waals surface area (Å²) < 4.78 is 0. The van der Waals surface area contributed by atoms with Gasteiger partial charge in [0.2, 0.25) is 0 Å². The molecular weight excluding hydrogens is 546 g/mol. The van der Waals surface area contributed by atoms with Crippen LogP contribution in [0.15, 0.2) is 67.1 Å². The van der Waals surface area contributed by atoms with Crippen LogP contribution in [0.4, 0.5) is 16.3 Å². The Morgan fingerprint density at radius 3 is 2.42 bits per heavy atom. The number of hydrogen-bond acceptors (Lipinski definition) is 6. The lowest BCUT2D eigenvalue weighted by molar-refractivity contribution is -0.135. The van der Waals surface area contributed by atoms with Crippen LogP contribution >= 0.6 is 0 Å². The molecule has 2 aromatic rings. The minimum absolute atomic E-state index is 0.0710. The molecule has 2 aliphatic rings. The van der Waals surface area contributed by atoms with E-state index in [-0.39, 0.29) is 23.9 Å². The van der Waals surface area contributed by atoms with Crippen molar-refractivity contribution in [3.63, 3.8) is 0 Å². The molecule has 1 aromatic heterocycles. The van der Waals surface area contributed by atoms with Crippen LogP contribution in [-0.4, -0.2) is 76.3 Å². The predicted octanol–water partition coefficient (Wildman–Crippen LogP) is 4.99. The van der Waals surface area contributed by atoms with Crippen LogP contribution in [0.1, 0.15) is 56.1 Å². The summed E-state index contributed by atoms with van der Waals surface area (Å²) in [6.45, 7) is 7.27. The highest BCUT2D eigenvalue weighted by molar-refractivity contribution is 6.04. The van der Waals surface area contributed by atoms with Gasteiger partial charge >= 0.3 is 12.0 Å². The van der Waals surface area contributed by atoms with Crippen molar-refractivity contribution in [3.05, 3.63) is 78.2 Å². The number of anilines is 2. The van der Waals surface area contributed by atoms with E-state index in [0.717, 1.165) is 56.3 Å². The van der Waals surface area contributed by atoms with Gasteiger partial charge in [-0.05, 0) is 68.4 Å². The summed E-state index contributed by atoms with van der Waals surface area (Å²) in [5.41, 5.74) is 2.50. The normalized spacial score (nSPS) is 16.8. The van der Waals surface area contributed by atoms with Crippen molar-refractivity contribution in [2.75, 3.05) is 36.0 Å². The zero-order valence-electron chi connectivity index (χ0n) is 25.0. The van der Waals surface area contributed by atoms with Crippen molar-refractivity contribution in [2.45, 2.75) is 70.4 Å². The van der Waals surface area contributed by atoms with E-state index < -0.39 is 18.4 Å². The van der Waals surface area contributed by atoms with Gasteiger partial charge in [0, 0.05) is 43.6 Å². The van der Waals surface area contributed by atoms with Gasteiger partial charge in [-0.3, -0.25) is 19.4 Å². The average molecular weight is 590 g/mol. The molecule has 0 bridgehead atoms. The number of amides is 3. The summed E-state index contributed by atoms with van der Waals surface area (Å²) in [4.78, 5) is 47.9. The zero-order chi connectivity index (χ0) is 30.8. The Bertz CT molecular complexity index is 1300. The third-order valence-corrected chi connectivity index (χ3v) is 8.23. The smallest absolute Gasteiger partial charge is 0.323 e. The fourth-order valence-corrected chi connectivity index (χ4v) is 5.93. The van der Waals surface area contributed by atoms with E-state index in [9.17, 15) is 24.6 Å². The van der Waals surface area contributed by atoms with E-state index in [2.05, 4.69) is 21.8 Å². The van der Waals surface area contributed by atoms with Gasteiger partial charge in [-0.15, -0.1) is 0 Å². The molecule has 1 saturated carbocycles. The maximum absolute atomic E-state index is 13.3. The van der Waals surface area contributed by atoms with Crippen LogP contribution < -0.4 is 15.1 Å². The molecule has 1 aromatic carbocycles. The number of carbonyl (C=O) groups excluding carboxylic acids is 2. The Hall–Kier alpha value is -4.18. The monoisotopic (exact) mass is 589 g/mol. The number of carboxylic acid groups (broad SMARTS) is 1. The first-order valence-corrected chi connectivity index (χ1v) is 15.1. The van der Waals surface area contributed by atoms with Gasteiger partial charge in [0.1, 0.15) is 12.4 Å². The molecular formula is C33H43N5O5. The number of benzene rings is 1. The van der Waals surface area contributed by atoms with Crippen LogP contribution in [0.2, 0.25) is 0 Å². The maximum atomic E-state index is 13.3. The fraction of sp³-hybridized carbons (Fsp3) is 0.455. The Balaban J connectivity index is 1.42. The number of urea groups is 1. The number of nitrogens with one attached hydrogen (secondary N) is 1. The summed E-state index contributed by atoms with van der Waals surface area (Å²) >= 11 is 0. The third-order valence-electron chi connectivity index (χ3n) is 8.23. The number of aryl methyl sites for hydroxylation is 1. The molecule has 0 spiro atoms. The second-order valence-corrected chi connectivity index (χ2v) is 11.4. The Morgan fingerprint density at radius 2 is 1.77 bits per heavy atom. The first-order valence-electron chi connectivity index (χ1n) is 15.1. The van der Waals surface area contributed by atoms with Crippen LogP contribution in [0, 0.1) is 6.92 Å². The predicted molar refractivity (Wildman–Crippen MR) is 167 cm³/mol. The molecule has 230 valence electrons. The number of aromatic nitrogens is 1. The summed E-state index contributed by atoms with van der Waals surface area (Å²) in [6, 6.07) is 10.7. The standard InChI is InChI=1S/C33H43N5O5/c1-3-9-29(39)32(42)38(30-15-14-24(2)22-34-30)27-17-20-36(21-18-27)19-16-25-10-7-8-13-28(25)37(23-31(40)41)33(43)35-26-11-5-4-6-12-26/h3,7-10,13-15,22,26-27,39H,1,4-6,11-12,16-21,23H2,2H3,(H,35,43)(H,40,41)/b29-9-. The van der Waals surface area contributed by atoms with Crippen molar-refractivity contribution in [1.29, 1.82) is 0 Å². The topological polar surface area (TPSA) is 126 Å². The van der Waals surface area contributed by atoms with Crippen LogP contribution in [0.3, 0.4) is 0 Å². The van der Waals surface area contributed by atoms with Gasteiger partial charge in [0.05, 0.1) is 0 Å². The number of aliphatic hydroxyl groups excluding tert-OH is 1. The van der Waals surface area contributed by atoms with Gasteiger partial charge < -0.3 is 20.4 Å². The molecule has 0 atom stereocenters. The number of aliphatic hydroxyl groups is 1. The van der Waals surface area contributed by atoms with Crippen molar-refractivity contribution in [2.24, 2.45) is 0 Å². The number of carboxylic acids is 1. The van der Waals surface area contributed by atoms with Crippen LogP contribution in [0.5, 0.6) is 0 Å². The lowest BCUT2D eigenvalue weighted by Gasteiger charge is -2.38. The fourth-order valence-electron chi connectivity index (χ4n) is 5.93. The highest BCUT2D eigenvalue weighted by Crippen LogP contribution is 2.26. The van der Waals surface area contributed by atoms with Crippen LogP contribution in [0.25, 0.3) is 0 Å². The molecule has 3 amide bonds. The largest absolute Gasteiger partial charge is 0.503 e. The highest BCUT2D eigenvalue weighted by Gasteiger charge is 2.32. The SMILES string of the molecule is C=C/C=C(\O)C(=O)N(c1ccc(C)cn1)C1CCN(CCc2ccccc2N(CC(=O)O)C(=O)NC2CCCCC2)CC1. The van der Waals surface area contributed by atoms with Gasteiger partial charge in [0.25, 0.3) is 5.91 Å². The number of nitrogens with zero attached hydrogens (tertiary/aromatic N) is 4. The highest BCUT2D eigenvalue weighted by atomic mass is 16.4. The molecule has 10 heteroatoms.